The number of fused-ring (bicyclic) bond motifs is 2. The Morgan fingerprint density at radius 3 is 2.55 bits per heavy atom. The molecule has 6 aliphatic rings. The van der Waals surface area contributed by atoms with Crippen LogP contribution in [0.5, 0.6) is 0 Å². The van der Waals surface area contributed by atoms with Gasteiger partial charge in [0, 0.05) is 24.2 Å². The van der Waals surface area contributed by atoms with E-state index in [1.165, 1.54) is 6.92 Å². The summed E-state index contributed by atoms with van der Waals surface area (Å²) in [7, 11) is 0. The van der Waals surface area contributed by atoms with Gasteiger partial charge < -0.3 is 29.9 Å². The molecule has 0 amide bonds. The zero-order valence-electron chi connectivity index (χ0n) is 17.3. The van der Waals surface area contributed by atoms with Crippen molar-refractivity contribution in [1.82, 2.24) is 0 Å². The minimum Gasteiger partial charge on any atom is -0.456 e. The quantitative estimate of drug-likeness (QED) is 0.373. The zero-order chi connectivity index (χ0) is 21.1. The van der Waals surface area contributed by atoms with Crippen molar-refractivity contribution in [2.24, 2.45) is 34.0 Å². The van der Waals surface area contributed by atoms with Gasteiger partial charge in [0.25, 0.3) is 0 Å². The predicted molar refractivity (Wildman–Crippen MR) is 101 cm³/mol. The molecule has 4 N–H and O–H groups in total. The fourth-order valence-corrected chi connectivity index (χ4v) is 8.43. The van der Waals surface area contributed by atoms with Gasteiger partial charge in [0.15, 0.2) is 6.10 Å². The van der Waals surface area contributed by atoms with Crippen LogP contribution < -0.4 is 0 Å². The summed E-state index contributed by atoms with van der Waals surface area (Å²) < 4.78 is 11.8. The van der Waals surface area contributed by atoms with Crippen molar-refractivity contribution in [3.63, 3.8) is 0 Å². The van der Waals surface area contributed by atoms with Crippen molar-refractivity contribution in [2.75, 3.05) is 6.61 Å². The van der Waals surface area contributed by atoms with E-state index in [2.05, 4.69) is 6.58 Å². The number of aliphatic hydroxyl groups excluding tert-OH is 3. The normalized spacial score (nSPS) is 57.2. The van der Waals surface area contributed by atoms with Gasteiger partial charge >= 0.3 is 5.97 Å². The van der Waals surface area contributed by atoms with Crippen molar-refractivity contribution in [3.05, 3.63) is 12.2 Å². The lowest BCUT2D eigenvalue weighted by molar-refractivity contribution is -0.470. The smallest absolute Gasteiger partial charge is 0.303 e. The van der Waals surface area contributed by atoms with Crippen molar-refractivity contribution in [3.8, 4) is 0 Å². The van der Waals surface area contributed by atoms with Gasteiger partial charge in [-0.2, -0.15) is 0 Å². The number of carbonyl (C=O) groups is 1. The topological polar surface area (TPSA) is 116 Å². The van der Waals surface area contributed by atoms with Crippen LogP contribution in [-0.4, -0.2) is 63.2 Å². The molecule has 4 aliphatic carbocycles. The van der Waals surface area contributed by atoms with Crippen LogP contribution in [0.4, 0.5) is 0 Å². The predicted octanol–water partition coefficient (Wildman–Crippen LogP) is 0.738. The van der Waals surface area contributed by atoms with Crippen molar-refractivity contribution in [1.29, 1.82) is 0 Å². The minimum atomic E-state index is -2.05. The molecule has 10 atom stereocenters. The molecule has 6 fully saturated rings. The molecule has 29 heavy (non-hydrogen) atoms. The lowest BCUT2D eigenvalue weighted by atomic mass is 9.35. The lowest BCUT2D eigenvalue weighted by Crippen LogP contribution is -2.85. The summed E-state index contributed by atoms with van der Waals surface area (Å²) in [6.07, 6.45) is -1.29. The molecule has 0 aromatic rings. The third-order valence-corrected chi connectivity index (χ3v) is 9.51. The maximum Gasteiger partial charge on any atom is 0.303 e. The SMILES string of the molecule is C=C1[C@@H](O)[C@]23[C@H](O)[C@H]1CC[C@H]2[C@]12CC[C@@H](O)C(C)(C)[C@H]1[C@H](OC(C)=O)[C@]3(O)OC2. The molecule has 162 valence electrons. The van der Waals surface area contributed by atoms with Gasteiger partial charge in [0.2, 0.25) is 5.79 Å². The average molecular weight is 408 g/mol. The second kappa shape index (κ2) is 5.62. The van der Waals surface area contributed by atoms with Gasteiger partial charge in [-0.25, -0.2) is 0 Å². The average Bonchev–Trinajstić information content (AvgIpc) is 2.75. The molecule has 0 radical (unpaired) electrons. The number of hydrogen-bond acceptors (Lipinski definition) is 7. The lowest BCUT2D eigenvalue weighted by Gasteiger charge is -2.75. The summed E-state index contributed by atoms with van der Waals surface area (Å²) in [5, 5.41) is 45.6. The van der Waals surface area contributed by atoms with Gasteiger partial charge in [-0.1, -0.05) is 20.4 Å². The second-order valence-electron chi connectivity index (χ2n) is 10.7. The largest absolute Gasteiger partial charge is 0.456 e. The Bertz CT molecular complexity index is 775. The Labute approximate surface area is 170 Å². The monoisotopic (exact) mass is 408 g/mol. The molecule has 2 aliphatic heterocycles. The van der Waals surface area contributed by atoms with E-state index >= 15 is 0 Å². The third kappa shape index (κ3) is 1.91. The Morgan fingerprint density at radius 1 is 1.21 bits per heavy atom. The van der Waals surface area contributed by atoms with Gasteiger partial charge in [0.1, 0.15) is 0 Å². The van der Waals surface area contributed by atoms with E-state index in [-0.39, 0.29) is 24.4 Å². The summed E-state index contributed by atoms with van der Waals surface area (Å²) in [4.78, 5) is 12.1. The highest BCUT2D eigenvalue weighted by Gasteiger charge is 2.86. The molecule has 7 nitrogen and oxygen atoms in total. The van der Waals surface area contributed by atoms with E-state index in [4.69, 9.17) is 9.47 Å². The number of carbonyl (C=O) groups excluding carboxylic acids is 1. The van der Waals surface area contributed by atoms with Crippen LogP contribution in [0.3, 0.4) is 0 Å². The fraction of sp³-hybridized carbons (Fsp3) is 0.864. The van der Waals surface area contributed by atoms with Crippen LogP contribution in [-0.2, 0) is 14.3 Å². The van der Waals surface area contributed by atoms with Crippen molar-refractivity contribution >= 4 is 5.97 Å². The minimum absolute atomic E-state index is 0.224. The molecule has 0 aromatic carbocycles. The molecule has 0 unspecified atom stereocenters. The Balaban J connectivity index is 1.78. The molecule has 0 aromatic heterocycles. The summed E-state index contributed by atoms with van der Waals surface area (Å²) in [6, 6.07) is 0. The van der Waals surface area contributed by atoms with E-state index in [1.807, 2.05) is 13.8 Å². The van der Waals surface area contributed by atoms with Crippen molar-refractivity contribution in [2.45, 2.75) is 76.7 Å². The van der Waals surface area contributed by atoms with Gasteiger partial charge in [-0.05, 0) is 42.6 Å². The van der Waals surface area contributed by atoms with Crippen LogP contribution in [0, 0.1) is 34.0 Å². The summed E-state index contributed by atoms with van der Waals surface area (Å²) in [6.45, 7) is 9.46. The van der Waals surface area contributed by atoms with Crippen molar-refractivity contribution < 1.29 is 34.7 Å². The fourth-order valence-electron chi connectivity index (χ4n) is 8.43. The first-order valence-electron chi connectivity index (χ1n) is 10.7. The highest BCUT2D eigenvalue weighted by molar-refractivity contribution is 5.66. The standard InChI is InChI=1S/C22H32O7/c1-10-12-5-6-13-20-8-7-14(24)19(3,4)15(20)18(29-11(2)23)22(27,28-9-20)21(13,16(10)25)17(12)26/h12-18,24-27H,1,5-9H2,2-4H3/t12-,13-,14+,15+,16+,17+,18-,20+,21-,22-/m0/s1. The summed E-state index contributed by atoms with van der Waals surface area (Å²) >= 11 is 0. The molecule has 7 heteroatoms. The number of esters is 1. The van der Waals surface area contributed by atoms with Gasteiger partial charge in [-0.15, -0.1) is 0 Å². The van der Waals surface area contributed by atoms with E-state index in [0.29, 0.717) is 24.8 Å². The van der Waals surface area contributed by atoms with Crippen LogP contribution in [0.1, 0.15) is 46.5 Å². The third-order valence-electron chi connectivity index (χ3n) is 9.51. The van der Waals surface area contributed by atoms with Crippen LogP contribution in [0.2, 0.25) is 0 Å². The van der Waals surface area contributed by atoms with Gasteiger partial charge in [-0.3, -0.25) is 4.79 Å². The van der Waals surface area contributed by atoms with E-state index < -0.39 is 52.4 Å². The molecule has 2 spiro atoms. The first-order chi connectivity index (χ1) is 13.5. The Morgan fingerprint density at radius 2 is 1.90 bits per heavy atom. The molecule has 2 saturated heterocycles. The van der Waals surface area contributed by atoms with Crippen LogP contribution in [0.15, 0.2) is 12.2 Å². The van der Waals surface area contributed by atoms with E-state index in [1.54, 1.807) is 0 Å². The number of aliphatic hydroxyl groups is 4. The Kier molecular flexibility index (Phi) is 3.87. The highest BCUT2D eigenvalue weighted by Crippen LogP contribution is 2.77. The maximum atomic E-state index is 12.1. The first-order valence-corrected chi connectivity index (χ1v) is 10.7. The molecular weight excluding hydrogens is 376 g/mol. The maximum absolute atomic E-state index is 12.1. The van der Waals surface area contributed by atoms with E-state index in [9.17, 15) is 25.2 Å². The number of rotatable bonds is 1. The molecule has 4 saturated carbocycles. The molecule has 6 rings (SSSR count). The first kappa shape index (κ1) is 19.9. The second-order valence-corrected chi connectivity index (χ2v) is 10.7. The molecule has 4 bridgehead atoms. The number of ether oxygens (including phenoxy) is 2. The summed E-state index contributed by atoms with van der Waals surface area (Å²) in [5.41, 5.74) is -2.03. The number of hydrogen-bond donors (Lipinski definition) is 4. The van der Waals surface area contributed by atoms with Crippen LogP contribution >= 0.6 is 0 Å². The molecule has 2 heterocycles. The summed E-state index contributed by atoms with van der Waals surface area (Å²) in [5.74, 6) is -3.52. The van der Waals surface area contributed by atoms with Crippen LogP contribution in [0.25, 0.3) is 0 Å². The zero-order valence-corrected chi connectivity index (χ0v) is 17.3. The molecular formula is C22H32O7. The highest BCUT2D eigenvalue weighted by atomic mass is 16.7. The van der Waals surface area contributed by atoms with Gasteiger partial charge in [0.05, 0.1) is 30.3 Å². The van der Waals surface area contributed by atoms with E-state index in [0.717, 1.165) is 6.42 Å². The Hall–Kier alpha value is -0.990.